The summed E-state index contributed by atoms with van der Waals surface area (Å²) in [5, 5.41) is 8.20. The molecule has 8 heteroatoms. The van der Waals surface area contributed by atoms with Crippen molar-refractivity contribution in [3.63, 3.8) is 0 Å². The smallest absolute Gasteiger partial charge is 0.177 e. The van der Waals surface area contributed by atoms with Crippen LogP contribution in [0.4, 0.5) is 26.5 Å². The number of rotatable bonds is 3. The molecule has 164 valence electrons. The van der Waals surface area contributed by atoms with E-state index in [9.17, 15) is 26.5 Å². The second-order valence-electron chi connectivity index (χ2n) is 5.87. The first-order valence-corrected chi connectivity index (χ1v) is 9.09. The standard InChI is InChI=1S/C14H11F3.C7H2F3NO.C2H6/c1-9-2-4-10(5-3-9)11-6-13(16)12(8-15)14(17)7-11;8-6-1-4(12-10)2-7(9)5(6)3-11;1-2/h2-7H,8H2,1H3;1-2H;1-2H3. The van der Waals surface area contributed by atoms with Crippen molar-refractivity contribution in [1.29, 1.82) is 5.26 Å². The number of nitrogens with zero attached hydrogens (tertiary/aromatic N) is 1. The van der Waals surface area contributed by atoms with Crippen molar-refractivity contribution in [3.05, 3.63) is 88.5 Å². The van der Waals surface area contributed by atoms with Crippen molar-refractivity contribution in [2.45, 2.75) is 27.4 Å². The Morgan fingerprint density at radius 3 is 1.68 bits per heavy atom. The van der Waals surface area contributed by atoms with Gasteiger partial charge in [0.05, 0.1) is 5.56 Å². The summed E-state index contributed by atoms with van der Waals surface area (Å²) in [6.45, 7) is 4.79. The van der Waals surface area contributed by atoms with Crippen LogP contribution in [0.15, 0.2) is 48.5 Å². The molecule has 0 aliphatic heterocycles. The Morgan fingerprint density at radius 2 is 1.29 bits per heavy atom. The summed E-state index contributed by atoms with van der Waals surface area (Å²) in [7, 11) is 0. The minimum Gasteiger partial charge on any atom is -0.294 e. The van der Waals surface area contributed by atoms with Crippen LogP contribution in [0.5, 0.6) is 5.75 Å². The molecule has 2 nitrogen and oxygen atoms in total. The Morgan fingerprint density at radius 1 is 0.806 bits per heavy atom. The highest BCUT2D eigenvalue weighted by atomic mass is 19.3. The van der Waals surface area contributed by atoms with Gasteiger partial charge in [-0.1, -0.05) is 43.7 Å². The third kappa shape index (κ3) is 6.78. The highest BCUT2D eigenvalue weighted by Gasteiger charge is 2.12. The van der Waals surface area contributed by atoms with Crippen LogP contribution in [0.25, 0.3) is 11.1 Å². The van der Waals surface area contributed by atoms with E-state index in [4.69, 9.17) is 5.26 Å². The van der Waals surface area contributed by atoms with E-state index in [1.165, 1.54) is 6.07 Å². The lowest BCUT2D eigenvalue weighted by atomic mass is 10.0. The Kier molecular flexibility index (Phi) is 10.1. The van der Waals surface area contributed by atoms with Crippen molar-refractivity contribution in [2.24, 2.45) is 0 Å². The normalized spacial score (nSPS) is 9.55. The van der Waals surface area contributed by atoms with Crippen LogP contribution >= 0.6 is 0 Å². The number of benzene rings is 3. The van der Waals surface area contributed by atoms with Crippen LogP contribution in [0.2, 0.25) is 0 Å². The van der Waals surface area contributed by atoms with E-state index in [1.54, 1.807) is 12.1 Å². The fraction of sp³-hybridized carbons (Fsp3) is 0.174. The molecule has 0 atom stereocenters. The zero-order valence-corrected chi connectivity index (χ0v) is 16.9. The van der Waals surface area contributed by atoms with E-state index in [0.29, 0.717) is 23.3 Å². The second kappa shape index (κ2) is 12.3. The van der Waals surface area contributed by atoms with E-state index in [2.05, 4.69) is 4.94 Å². The van der Waals surface area contributed by atoms with Gasteiger partial charge >= 0.3 is 0 Å². The summed E-state index contributed by atoms with van der Waals surface area (Å²) in [6, 6.07) is 12.0. The van der Waals surface area contributed by atoms with Crippen LogP contribution in [0.3, 0.4) is 0 Å². The molecular weight excluding hydrogens is 420 g/mol. The molecule has 0 saturated carbocycles. The summed E-state index contributed by atoms with van der Waals surface area (Å²) in [6.07, 6.45) is 0. The second-order valence-corrected chi connectivity index (χ2v) is 5.87. The van der Waals surface area contributed by atoms with Gasteiger partial charge < -0.3 is 0 Å². The minimum absolute atomic E-state index is 0.414. The summed E-state index contributed by atoms with van der Waals surface area (Å²) in [5.74, 6) is -4.59. The predicted octanol–water partition coefficient (Wildman–Crippen LogP) is 7.54. The van der Waals surface area contributed by atoms with Crippen LogP contribution in [-0.4, -0.2) is 0 Å². The number of alkyl halides is 1. The summed E-state index contributed by atoms with van der Waals surface area (Å²) < 4.78 is 75.7. The highest BCUT2D eigenvalue weighted by molar-refractivity contribution is 5.64. The zero-order valence-electron chi connectivity index (χ0n) is 16.9. The summed E-state index contributed by atoms with van der Waals surface area (Å²) in [4.78, 5) is 3.09. The molecule has 0 heterocycles. The molecule has 0 radical (unpaired) electrons. The maximum Gasteiger partial charge on any atom is 0.177 e. The molecular formula is C23H19F6NO. The average molecular weight is 439 g/mol. The third-order valence-corrected chi connectivity index (χ3v) is 3.88. The number of hydrogen-bond donors (Lipinski definition) is 0. The van der Waals surface area contributed by atoms with Gasteiger partial charge in [0, 0.05) is 16.7 Å². The molecule has 0 amide bonds. The Hall–Kier alpha value is -3.47. The van der Waals surface area contributed by atoms with Crippen molar-refractivity contribution in [3.8, 4) is 22.9 Å². The van der Waals surface area contributed by atoms with E-state index in [0.717, 1.165) is 17.7 Å². The van der Waals surface area contributed by atoms with Gasteiger partial charge in [0.15, 0.2) is 5.75 Å². The third-order valence-electron chi connectivity index (χ3n) is 3.88. The van der Waals surface area contributed by atoms with Crippen molar-refractivity contribution in [1.82, 2.24) is 0 Å². The molecule has 0 aromatic heterocycles. The van der Waals surface area contributed by atoms with Gasteiger partial charge in [-0.15, -0.1) is 0 Å². The molecule has 31 heavy (non-hydrogen) atoms. The van der Waals surface area contributed by atoms with Crippen LogP contribution in [0, 0.1) is 41.5 Å². The largest absolute Gasteiger partial charge is 0.294 e. The van der Waals surface area contributed by atoms with Gasteiger partial charge in [0.2, 0.25) is 0 Å². The quantitative estimate of drug-likeness (QED) is 0.395. The SMILES string of the molecule is CC.Cc1ccc(-c2cc(F)c(CF)c(F)c2)cc1.N#Cc1c(F)cc(OF)cc1F. The first-order valence-electron chi connectivity index (χ1n) is 9.09. The van der Waals surface area contributed by atoms with Gasteiger partial charge in [-0.25, -0.2) is 22.0 Å². The number of halogens is 6. The molecule has 0 bridgehead atoms. The Labute approximate surface area is 176 Å². The number of aryl methyl sites for hydroxylation is 1. The fourth-order valence-corrected chi connectivity index (χ4v) is 2.34. The first kappa shape index (κ1) is 25.6. The van der Waals surface area contributed by atoms with Crippen molar-refractivity contribution < 1.29 is 31.4 Å². The van der Waals surface area contributed by atoms with E-state index in [1.807, 2.05) is 32.9 Å². The maximum atomic E-state index is 13.4. The van der Waals surface area contributed by atoms with Gasteiger partial charge in [0.1, 0.15) is 41.6 Å². The van der Waals surface area contributed by atoms with E-state index in [-0.39, 0.29) is 0 Å². The fourth-order valence-electron chi connectivity index (χ4n) is 2.34. The van der Waals surface area contributed by atoms with Gasteiger partial charge in [-0.3, -0.25) is 4.94 Å². The van der Waals surface area contributed by atoms with E-state index < -0.39 is 46.8 Å². The monoisotopic (exact) mass is 439 g/mol. The van der Waals surface area contributed by atoms with Crippen LogP contribution in [-0.2, 0) is 6.67 Å². The Balaban J connectivity index is 0.000000303. The molecule has 3 rings (SSSR count). The lowest BCUT2D eigenvalue weighted by molar-refractivity contribution is -0.00692. The minimum atomic E-state index is -1.15. The van der Waals surface area contributed by atoms with Gasteiger partial charge in [0.25, 0.3) is 0 Å². The number of hydrogen-bond acceptors (Lipinski definition) is 2. The first-order chi connectivity index (χ1) is 14.8. The molecule has 0 spiro atoms. The lowest BCUT2D eigenvalue weighted by Gasteiger charge is -2.06. The number of nitriles is 1. The molecule has 0 aliphatic rings. The van der Waals surface area contributed by atoms with Crippen molar-refractivity contribution >= 4 is 0 Å². The molecule has 3 aromatic carbocycles. The summed E-state index contributed by atoms with van der Waals surface area (Å²) in [5.41, 5.74) is 0.919. The highest BCUT2D eigenvalue weighted by Crippen LogP contribution is 2.25. The summed E-state index contributed by atoms with van der Waals surface area (Å²) >= 11 is 0. The molecule has 0 fully saturated rings. The van der Waals surface area contributed by atoms with Gasteiger partial charge in [-0.05, 0) is 30.2 Å². The molecule has 0 unspecified atom stereocenters. The average Bonchev–Trinajstić information content (AvgIpc) is 2.75. The lowest BCUT2D eigenvalue weighted by Crippen LogP contribution is -1.94. The van der Waals surface area contributed by atoms with Crippen molar-refractivity contribution in [2.75, 3.05) is 0 Å². The molecule has 3 aromatic rings. The topological polar surface area (TPSA) is 33.0 Å². The van der Waals surface area contributed by atoms with E-state index >= 15 is 0 Å². The maximum absolute atomic E-state index is 13.4. The van der Waals surface area contributed by atoms with Gasteiger partial charge in [-0.2, -0.15) is 5.26 Å². The molecule has 0 saturated heterocycles. The molecule has 0 aliphatic carbocycles. The molecule has 0 N–H and O–H groups in total. The Bertz CT molecular complexity index is 999. The van der Waals surface area contributed by atoms with Crippen LogP contribution in [0.1, 0.15) is 30.5 Å². The van der Waals surface area contributed by atoms with Crippen LogP contribution < -0.4 is 4.94 Å². The zero-order chi connectivity index (χ0) is 23.6. The predicted molar refractivity (Wildman–Crippen MR) is 106 cm³/mol.